The van der Waals surface area contributed by atoms with Gasteiger partial charge in [0.15, 0.2) is 0 Å². The van der Waals surface area contributed by atoms with Crippen molar-refractivity contribution in [2.75, 3.05) is 4.90 Å². The number of thiophene rings is 2. The highest BCUT2D eigenvalue weighted by Crippen LogP contribution is 2.45. The van der Waals surface area contributed by atoms with Crippen molar-refractivity contribution in [2.45, 2.75) is 0 Å². The van der Waals surface area contributed by atoms with E-state index >= 15 is 0 Å². The molecule has 0 N–H and O–H groups in total. The monoisotopic (exact) mass is 811 g/mol. The molecule has 10 aromatic carbocycles. The molecule has 0 saturated heterocycles. The predicted octanol–water partition coefficient (Wildman–Crippen LogP) is 17.7. The fourth-order valence-corrected chi connectivity index (χ4v) is 11.5. The largest absolute Gasteiger partial charge is 0.310 e. The van der Waals surface area contributed by atoms with Crippen molar-refractivity contribution in [1.29, 1.82) is 0 Å². The molecular weight excluding hydrogens is 775 g/mol. The SMILES string of the molecule is c1cc(-c2cccc(N(c3ccc(-c4ccc5c(c4)sc4ccccc45)cc3)c3ccccc3-c3cccc4ccccc34)c2)cc(-c2cccc3c2sc2ccccc23)c1. The normalized spacial score (nSPS) is 11.6. The van der Waals surface area contributed by atoms with Gasteiger partial charge >= 0.3 is 0 Å². The Morgan fingerprint density at radius 1 is 0.279 bits per heavy atom. The maximum atomic E-state index is 2.43. The van der Waals surface area contributed by atoms with Crippen molar-refractivity contribution >= 4 is 90.9 Å². The molecule has 12 rings (SSSR count). The molecule has 2 aromatic heterocycles. The lowest BCUT2D eigenvalue weighted by Gasteiger charge is -2.29. The first-order valence-electron chi connectivity index (χ1n) is 20.7. The van der Waals surface area contributed by atoms with Crippen molar-refractivity contribution in [1.82, 2.24) is 0 Å². The summed E-state index contributed by atoms with van der Waals surface area (Å²) in [6, 6.07) is 82.4. The van der Waals surface area contributed by atoms with Crippen LogP contribution < -0.4 is 4.90 Å². The van der Waals surface area contributed by atoms with Gasteiger partial charge in [-0.05, 0) is 104 Å². The Labute approximate surface area is 362 Å². The first-order valence-corrected chi connectivity index (χ1v) is 22.4. The summed E-state index contributed by atoms with van der Waals surface area (Å²) in [5.74, 6) is 0. The molecule has 0 fully saturated rings. The summed E-state index contributed by atoms with van der Waals surface area (Å²) in [6.45, 7) is 0. The van der Waals surface area contributed by atoms with Crippen molar-refractivity contribution in [3.8, 4) is 44.5 Å². The van der Waals surface area contributed by atoms with E-state index < -0.39 is 0 Å². The smallest absolute Gasteiger partial charge is 0.0540 e. The van der Waals surface area contributed by atoms with E-state index in [2.05, 4.69) is 229 Å². The molecule has 3 heteroatoms. The number of fused-ring (bicyclic) bond motifs is 7. The fourth-order valence-electron chi connectivity index (χ4n) is 9.16. The molecule has 12 aromatic rings. The van der Waals surface area contributed by atoms with Crippen LogP contribution in [0.2, 0.25) is 0 Å². The van der Waals surface area contributed by atoms with Gasteiger partial charge in [-0.2, -0.15) is 0 Å². The predicted molar refractivity (Wildman–Crippen MR) is 266 cm³/mol. The average molecular weight is 812 g/mol. The molecule has 0 aliphatic heterocycles. The molecule has 0 bridgehead atoms. The Kier molecular flexibility index (Phi) is 8.62. The molecule has 0 amide bonds. The zero-order chi connectivity index (χ0) is 40.3. The Hall–Kier alpha value is -7.30. The highest BCUT2D eigenvalue weighted by atomic mass is 32.1. The first-order chi connectivity index (χ1) is 30.2. The van der Waals surface area contributed by atoms with E-state index in [9.17, 15) is 0 Å². The van der Waals surface area contributed by atoms with Gasteiger partial charge in [-0.25, -0.2) is 0 Å². The summed E-state index contributed by atoms with van der Waals surface area (Å²) >= 11 is 3.75. The second-order valence-electron chi connectivity index (χ2n) is 15.6. The number of benzene rings is 10. The maximum Gasteiger partial charge on any atom is 0.0540 e. The number of hydrogen-bond acceptors (Lipinski definition) is 3. The lowest BCUT2D eigenvalue weighted by molar-refractivity contribution is 1.28. The molecule has 0 spiro atoms. The summed E-state index contributed by atoms with van der Waals surface area (Å²) in [5.41, 5.74) is 13.0. The van der Waals surface area contributed by atoms with E-state index in [-0.39, 0.29) is 0 Å². The van der Waals surface area contributed by atoms with Crippen LogP contribution in [0.5, 0.6) is 0 Å². The Morgan fingerprint density at radius 3 is 1.70 bits per heavy atom. The highest BCUT2D eigenvalue weighted by molar-refractivity contribution is 7.26. The van der Waals surface area contributed by atoms with Crippen molar-refractivity contribution < 1.29 is 0 Å². The van der Waals surface area contributed by atoms with Crippen LogP contribution in [0.25, 0.3) is 95.6 Å². The number of rotatable bonds is 7. The lowest BCUT2D eigenvalue weighted by Crippen LogP contribution is -2.11. The molecule has 0 unspecified atom stereocenters. The van der Waals surface area contributed by atoms with Crippen molar-refractivity contribution in [3.63, 3.8) is 0 Å². The topological polar surface area (TPSA) is 3.24 Å². The van der Waals surface area contributed by atoms with Crippen LogP contribution in [-0.4, -0.2) is 0 Å². The summed E-state index contributed by atoms with van der Waals surface area (Å²) in [5, 5.41) is 7.75. The summed E-state index contributed by atoms with van der Waals surface area (Å²) < 4.78 is 5.30. The zero-order valence-electron chi connectivity index (χ0n) is 33.1. The van der Waals surface area contributed by atoms with Crippen molar-refractivity contribution in [3.05, 3.63) is 224 Å². The van der Waals surface area contributed by atoms with Gasteiger partial charge in [0.2, 0.25) is 0 Å². The van der Waals surface area contributed by atoms with Gasteiger partial charge in [0.25, 0.3) is 0 Å². The fraction of sp³-hybridized carbons (Fsp3) is 0. The number of hydrogen-bond donors (Lipinski definition) is 0. The van der Waals surface area contributed by atoms with E-state index in [0.717, 1.165) is 17.1 Å². The number of para-hydroxylation sites is 1. The molecule has 0 radical (unpaired) electrons. The third-order valence-corrected chi connectivity index (χ3v) is 14.4. The standard InChI is InChI=1S/C58H37NS2/c1-2-19-46-39(13-1)14-11-24-48(46)49-20-3-6-26-54(49)59(44-32-29-38(30-33-44)42-31-34-52-50-21-4-7-27-55(50)60-57(52)37-42)45-18-10-16-41(36-45)40-15-9-17-43(35-40)47-23-12-25-53-51-22-5-8-28-56(51)61-58(47)53/h1-37H. The molecule has 0 aliphatic rings. The van der Waals surface area contributed by atoms with E-state index in [0.29, 0.717) is 0 Å². The third-order valence-electron chi connectivity index (χ3n) is 12.1. The van der Waals surface area contributed by atoms with Gasteiger partial charge in [0.05, 0.1) is 5.69 Å². The Morgan fingerprint density at radius 2 is 0.836 bits per heavy atom. The van der Waals surface area contributed by atoms with Gasteiger partial charge in [0.1, 0.15) is 0 Å². The number of nitrogens with zero attached hydrogens (tertiary/aromatic N) is 1. The molecule has 2 heterocycles. The van der Waals surface area contributed by atoms with E-state index in [1.807, 2.05) is 22.7 Å². The van der Waals surface area contributed by atoms with Crippen LogP contribution in [0.15, 0.2) is 224 Å². The minimum atomic E-state index is 1.10. The van der Waals surface area contributed by atoms with Gasteiger partial charge in [-0.15, -0.1) is 22.7 Å². The molecule has 1 nitrogen and oxygen atoms in total. The second kappa shape index (κ2) is 14.8. The highest BCUT2D eigenvalue weighted by Gasteiger charge is 2.20. The Balaban J connectivity index is 0.986. The zero-order valence-corrected chi connectivity index (χ0v) is 34.8. The molecule has 286 valence electrons. The quantitative estimate of drug-likeness (QED) is 0.155. The van der Waals surface area contributed by atoms with E-state index in [4.69, 9.17) is 0 Å². The maximum absolute atomic E-state index is 2.43. The summed E-state index contributed by atoms with van der Waals surface area (Å²) in [7, 11) is 0. The minimum absolute atomic E-state index is 1.10. The van der Waals surface area contributed by atoms with Crippen LogP contribution >= 0.6 is 22.7 Å². The Bertz CT molecular complexity index is 3600. The minimum Gasteiger partial charge on any atom is -0.310 e. The summed E-state index contributed by atoms with van der Waals surface area (Å²) in [4.78, 5) is 2.43. The lowest BCUT2D eigenvalue weighted by atomic mass is 9.95. The van der Waals surface area contributed by atoms with Gasteiger partial charge in [-0.3, -0.25) is 0 Å². The first kappa shape index (κ1) is 35.6. The van der Waals surface area contributed by atoms with Gasteiger partial charge < -0.3 is 4.90 Å². The molecular formula is C58H37NS2. The van der Waals surface area contributed by atoms with E-state index in [1.54, 1.807) is 0 Å². The average Bonchev–Trinajstić information content (AvgIpc) is 3.90. The van der Waals surface area contributed by atoms with Crippen molar-refractivity contribution in [2.24, 2.45) is 0 Å². The van der Waals surface area contributed by atoms with Gasteiger partial charge in [0, 0.05) is 57.3 Å². The van der Waals surface area contributed by atoms with Crippen LogP contribution in [0.1, 0.15) is 0 Å². The van der Waals surface area contributed by atoms with Crippen LogP contribution in [0, 0.1) is 0 Å². The van der Waals surface area contributed by atoms with Crippen LogP contribution in [0.4, 0.5) is 17.1 Å². The summed E-state index contributed by atoms with van der Waals surface area (Å²) in [6.07, 6.45) is 0. The molecule has 0 aliphatic carbocycles. The van der Waals surface area contributed by atoms with Crippen LogP contribution in [-0.2, 0) is 0 Å². The van der Waals surface area contributed by atoms with Gasteiger partial charge in [-0.1, -0.05) is 170 Å². The third kappa shape index (κ3) is 6.21. The molecule has 0 saturated carbocycles. The van der Waals surface area contributed by atoms with E-state index in [1.165, 1.54) is 95.6 Å². The van der Waals surface area contributed by atoms with Crippen LogP contribution in [0.3, 0.4) is 0 Å². The molecule has 0 atom stereocenters. The second-order valence-corrected chi connectivity index (χ2v) is 17.8. The number of anilines is 3. The molecule has 61 heavy (non-hydrogen) atoms.